The van der Waals surface area contributed by atoms with Crippen molar-refractivity contribution in [2.24, 2.45) is 10.9 Å². The van der Waals surface area contributed by atoms with Crippen molar-refractivity contribution in [3.63, 3.8) is 0 Å². The second-order valence-electron chi connectivity index (χ2n) is 5.54. The normalized spacial score (nSPS) is 11.0. The molecule has 7 nitrogen and oxygen atoms in total. The summed E-state index contributed by atoms with van der Waals surface area (Å²) >= 11 is 5.79. The van der Waals surface area contributed by atoms with Gasteiger partial charge in [0.25, 0.3) is 5.91 Å². The van der Waals surface area contributed by atoms with Crippen LogP contribution in [0.2, 0.25) is 5.02 Å². The molecule has 0 spiro atoms. The molecule has 0 atom stereocenters. The quantitative estimate of drug-likeness (QED) is 0.237. The Hall–Kier alpha value is -3.06. The third-order valence-electron chi connectivity index (χ3n) is 3.56. The molecule has 0 saturated carbocycles. The molecule has 0 radical (unpaired) electrons. The van der Waals surface area contributed by atoms with Crippen LogP contribution in [0.25, 0.3) is 0 Å². The van der Waals surface area contributed by atoms with Crippen molar-refractivity contribution >= 4 is 29.3 Å². The second-order valence-corrected chi connectivity index (χ2v) is 5.97. The summed E-state index contributed by atoms with van der Waals surface area (Å²) in [5.74, 6) is -0.108. The number of carbonyl (C=O) groups is 2. The first-order valence-corrected chi connectivity index (χ1v) is 8.59. The van der Waals surface area contributed by atoms with Crippen LogP contribution in [0.5, 0.6) is 5.75 Å². The number of carbonyl (C=O) groups excluding carboxylic acids is 2. The molecule has 8 heteroatoms. The molecule has 0 aliphatic rings. The number of amides is 1. The number of hydrogen-bond donors (Lipinski definition) is 2. The Labute approximate surface area is 162 Å². The van der Waals surface area contributed by atoms with Gasteiger partial charge >= 0.3 is 5.97 Å². The van der Waals surface area contributed by atoms with Crippen LogP contribution in [-0.2, 0) is 9.63 Å². The fraction of sp³-hybridized carbons (Fsp3) is 0.211. The minimum atomic E-state index is -0.539. The van der Waals surface area contributed by atoms with E-state index in [0.717, 1.165) is 0 Å². The van der Waals surface area contributed by atoms with Gasteiger partial charge in [-0.05, 0) is 48.9 Å². The van der Waals surface area contributed by atoms with E-state index in [1.54, 1.807) is 48.5 Å². The van der Waals surface area contributed by atoms with Crippen molar-refractivity contribution in [1.82, 2.24) is 5.32 Å². The first-order valence-electron chi connectivity index (χ1n) is 8.21. The summed E-state index contributed by atoms with van der Waals surface area (Å²) in [6, 6.07) is 13.5. The zero-order valence-corrected chi connectivity index (χ0v) is 15.5. The zero-order chi connectivity index (χ0) is 19.6. The van der Waals surface area contributed by atoms with Crippen molar-refractivity contribution in [2.45, 2.75) is 12.8 Å². The predicted molar refractivity (Wildman–Crippen MR) is 103 cm³/mol. The van der Waals surface area contributed by atoms with E-state index in [4.69, 9.17) is 26.9 Å². The monoisotopic (exact) mass is 389 g/mol. The second kappa shape index (κ2) is 10.2. The summed E-state index contributed by atoms with van der Waals surface area (Å²) in [6.45, 7) is 0.321. The highest BCUT2D eigenvalue weighted by atomic mass is 35.5. The zero-order valence-electron chi connectivity index (χ0n) is 14.8. The SMILES string of the molecule is COc1cccc(C(=O)NCCCC(=O)O/N=C(\N)c2ccc(Cl)cc2)c1. The highest BCUT2D eigenvalue weighted by Gasteiger charge is 2.08. The Balaban J connectivity index is 1.71. The molecule has 2 aromatic carbocycles. The molecule has 0 bridgehead atoms. The van der Waals surface area contributed by atoms with Crippen molar-refractivity contribution in [2.75, 3.05) is 13.7 Å². The van der Waals surface area contributed by atoms with Crippen LogP contribution < -0.4 is 15.8 Å². The molecular formula is C19H20ClN3O4. The van der Waals surface area contributed by atoms with E-state index in [2.05, 4.69) is 10.5 Å². The van der Waals surface area contributed by atoms with Crippen molar-refractivity contribution in [3.05, 3.63) is 64.7 Å². The number of nitrogens with zero attached hydrogens (tertiary/aromatic N) is 1. The first-order chi connectivity index (χ1) is 13.0. The van der Waals surface area contributed by atoms with E-state index in [0.29, 0.717) is 34.9 Å². The molecule has 0 aromatic heterocycles. The molecule has 1 amide bonds. The van der Waals surface area contributed by atoms with Gasteiger partial charge in [0.05, 0.1) is 7.11 Å². The molecule has 0 saturated heterocycles. The molecule has 2 rings (SSSR count). The van der Waals surface area contributed by atoms with E-state index in [1.165, 1.54) is 7.11 Å². The lowest BCUT2D eigenvalue weighted by Crippen LogP contribution is -2.25. The highest BCUT2D eigenvalue weighted by Crippen LogP contribution is 2.12. The van der Waals surface area contributed by atoms with Gasteiger partial charge in [-0.15, -0.1) is 0 Å². The molecule has 0 heterocycles. The average Bonchev–Trinajstić information content (AvgIpc) is 2.69. The minimum absolute atomic E-state index is 0.0753. The van der Waals surface area contributed by atoms with Gasteiger partial charge in [-0.2, -0.15) is 0 Å². The van der Waals surface area contributed by atoms with Crippen LogP contribution in [0.4, 0.5) is 0 Å². The standard InChI is InChI=1S/C19H20ClN3O4/c1-26-16-5-2-4-14(12-16)19(25)22-11-3-6-17(24)27-23-18(21)13-7-9-15(20)10-8-13/h2,4-5,7-10,12H,3,6,11H2,1H3,(H2,21,23)(H,22,25). The Bertz CT molecular complexity index is 822. The highest BCUT2D eigenvalue weighted by molar-refractivity contribution is 6.30. The number of rotatable bonds is 8. The van der Waals surface area contributed by atoms with E-state index in [1.807, 2.05) is 0 Å². The largest absolute Gasteiger partial charge is 0.497 e. The number of ether oxygens (including phenoxy) is 1. The summed E-state index contributed by atoms with van der Waals surface area (Å²) in [4.78, 5) is 28.5. The number of methoxy groups -OCH3 is 1. The van der Waals surface area contributed by atoms with Gasteiger partial charge < -0.3 is 20.6 Å². The summed E-state index contributed by atoms with van der Waals surface area (Å²) in [6.07, 6.45) is 0.501. The topological polar surface area (TPSA) is 103 Å². The molecule has 2 aromatic rings. The van der Waals surface area contributed by atoms with Crippen molar-refractivity contribution in [1.29, 1.82) is 0 Å². The third-order valence-corrected chi connectivity index (χ3v) is 3.81. The minimum Gasteiger partial charge on any atom is -0.497 e. The van der Waals surface area contributed by atoms with Gasteiger partial charge in [0.2, 0.25) is 0 Å². The summed E-state index contributed by atoms with van der Waals surface area (Å²) in [5, 5.41) is 6.90. The Morgan fingerprint density at radius 1 is 1.15 bits per heavy atom. The molecule has 0 aliphatic carbocycles. The third kappa shape index (κ3) is 6.63. The predicted octanol–water partition coefficient (Wildman–Crippen LogP) is 2.72. The fourth-order valence-corrected chi connectivity index (χ4v) is 2.25. The number of amidine groups is 1. The maximum Gasteiger partial charge on any atom is 0.335 e. The lowest BCUT2D eigenvalue weighted by atomic mass is 10.2. The molecule has 27 heavy (non-hydrogen) atoms. The van der Waals surface area contributed by atoms with Crippen LogP contribution in [0.1, 0.15) is 28.8 Å². The molecule has 142 valence electrons. The van der Waals surface area contributed by atoms with Crippen LogP contribution in [0.3, 0.4) is 0 Å². The maximum absolute atomic E-state index is 12.0. The van der Waals surface area contributed by atoms with Gasteiger partial charge in [-0.25, -0.2) is 4.79 Å². The van der Waals surface area contributed by atoms with Gasteiger partial charge in [0.1, 0.15) is 5.75 Å². The molecule has 0 fully saturated rings. The Morgan fingerprint density at radius 3 is 2.59 bits per heavy atom. The smallest absolute Gasteiger partial charge is 0.335 e. The van der Waals surface area contributed by atoms with Gasteiger partial charge in [0, 0.05) is 29.1 Å². The van der Waals surface area contributed by atoms with Crippen LogP contribution >= 0.6 is 11.6 Å². The van der Waals surface area contributed by atoms with Crippen molar-refractivity contribution < 1.29 is 19.2 Å². The molecule has 0 aliphatic heterocycles. The first kappa shape index (κ1) is 20.3. The Kier molecular flexibility index (Phi) is 7.63. The van der Waals surface area contributed by atoms with Gasteiger partial charge in [-0.1, -0.05) is 22.8 Å². The van der Waals surface area contributed by atoms with E-state index >= 15 is 0 Å². The van der Waals surface area contributed by atoms with Gasteiger partial charge in [0.15, 0.2) is 5.84 Å². The van der Waals surface area contributed by atoms with E-state index in [9.17, 15) is 9.59 Å². The van der Waals surface area contributed by atoms with Crippen LogP contribution in [-0.4, -0.2) is 31.4 Å². The lowest BCUT2D eigenvalue weighted by molar-refractivity contribution is -0.143. The summed E-state index contributed by atoms with van der Waals surface area (Å²) in [5.41, 5.74) is 6.82. The van der Waals surface area contributed by atoms with Crippen LogP contribution in [0, 0.1) is 0 Å². The lowest BCUT2D eigenvalue weighted by Gasteiger charge is -2.06. The fourth-order valence-electron chi connectivity index (χ4n) is 2.12. The van der Waals surface area contributed by atoms with Gasteiger partial charge in [-0.3, -0.25) is 4.79 Å². The number of oxime groups is 1. The molecular weight excluding hydrogens is 370 g/mol. The maximum atomic E-state index is 12.0. The van der Waals surface area contributed by atoms with Crippen molar-refractivity contribution in [3.8, 4) is 5.75 Å². The summed E-state index contributed by atoms with van der Waals surface area (Å²) in [7, 11) is 1.53. The Morgan fingerprint density at radius 2 is 1.89 bits per heavy atom. The average molecular weight is 390 g/mol. The number of hydrogen-bond acceptors (Lipinski definition) is 5. The molecule has 3 N–H and O–H groups in total. The summed E-state index contributed by atoms with van der Waals surface area (Å²) < 4.78 is 5.08. The molecule has 0 unspecified atom stereocenters. The van der Waals surface area contributed by atoms with Crippen LogP contribution in [0.15, 0.2) is 53.7 Å². The number of benzene rings is 2. The number of nitrogens with one attached hydrogen (secondary N) is 1. The van der Waals surface area contributed by atoms with E-state index < -0.39 is 5.97 Å². The number of halogens is 1. The van der Waals surface area contributed by atoms with E-state index in [-0.39, 0.29) is 18.2 Å². The number of nitrogens with two attached hydrogens (primary N) is 1.